The fraction of sp³-hybridized carbons (Fsp3) is 0.233. The summed E-state index contributed by atoms with van der Waals surface area (Å²) < 4.78 is 0. The maximum Gasteiger partial charge on any atom is 0.135 e. The second-order valence-corrected chi connectivity index (χ2v) is 9.28. The van der Waals surface area contributed by atoms with Crippen LogP contribution in [0, 0.1) is 19.3 Å². The number of terminal acetylenes is 1. The SMILES string of the molecule is C#CC(c1cc2ccc(C)cc2nc1Cl)N(Cc1ccccc1)Cc1ccc(C(C)C)cc1. The van der Waals surface area contributed by atoms with E-state index in [0.29, 0.717) is 24.2 Å². The molecule has 0 aliphatic heterocycles. The van der Waals surface area contributed by atoms with Gasteiger partial charge in [0, 0.05) is 24.0 Å². The molecule has 4 aromatic rings. The molecule has 1 atom stereocenters. The Kier molecular flexibility index (Phi) is 7.14. The van der Waals surface area contributed by atoms with Gasteiger partial charge in [-0.25, -0.2) is 4.98 Å². The standard InChI is InChI=1S/C30H29ClN2/c1-5-29(27-18-26-14-11-22(4)17-28(26)32-30(27)31)33(19-23-9-7-6-8-10-23)20-24-12-15-25(16-13-24)21(2)3/h1,6-18,21,29H,19-20H2,2-4H3. The zero-order chi connectivity index (χ0) is 23.4. The molecule has 0 fully saturated rings. The highest BCUT2D eigenvalue weighted by Crippen LogP contribution is 2.32. The molecule has 0 aliphatic carbocycles. The normalized spacial score (nSPS) is 12.3. The van der Waals surface area contributed by atoms with E-state index in [-0.39, 0.29) is 6.04 Å². The average Bonchev–Trinajstić information content (AvgIpc) is 2.81. The molecule has 2 nitrogen and oxygen atoms in total. The van der Waals surface area contributed by atoms with Gasteiger partial charge in [-0.15, -0.1) is 6.42 Å². The van der Waals surface area contributed by atoms with Crippen molar-refractivity contribution in [2.75, 3.05) is 0 Å². The molecule has 1 heterocycles. The Bertz CT molecular complexity index is 1270. The molecule has 33 heavy (non-hydrogen) atoms. The Morgan fingerprint density at radius 2 is 1.58 bits per heavy atom. The number of fused-ring (bicyclic) bond motifs is 1. The van der Waals surface area contributed by atoms with E-state index in [4.69, 9.17) is 18.0 Å². The molecular formula is C30H29ClN2. The lowest BCUT2D eigenvalue weighted by Gasteiger charge is -2.29. The van der Waals surface area contributed by atoms with Gasteiger partial charge in [0.1, 0.15) is 11.2 Å². The average molecular weight is 453 g/mol. The van der Waals surface area contributed by atoms with Crippen molar-refractivity contribution in [2.24, 2.45) is 0 Å². The summed E-state index contributed by atoms with van der Waals surface area (Å²) in [5, 5.41) is 1.51. The number of benzene rings is 3. The fourth-order valence-electron chi connectivity index (χ4n) is 4.15. The van der Waals surface area contributed by atoms with Crippen molar-refractivity contribution in [3.63, 3.8) is 0 Å². The summed E-state index contributed by atoms with van der Waals surface area (Å²) in [5.74, 6) is 3.51. The van der Waals surface area contributed by atoms with Crippen molar-refractivity contribution in [3.8, 4) is 12.3 Å². The summed E-state index contributed by atoms with van der Waals surface area (Å²) in [4.78, 5) is 6.97. The molecule has 0 saturated carbocycles. The molecule has 4 rings (SSSR count). The van der Waals surface area contributed by atoms with E-state index in [9.17, 15) is 0 Å². The molecule has 1 aromatic heterocycles. The Labute approximate surface area is 202 Å². The lowest BCUT2D eigenvalue weighted by Crippen LogP contribution is -2.27. The van der Waals surface area contributed by atoms with Crippen LogP contribution < -0.4 is 0 Å². The predicted molar refractivity (Wildman–Crippen MR) is 139 cm³/mol. The summed E-state index contributed by atoms with van der Waals surface area (Å²) in [6, 6.07) is 27.2. The zero-order valence-electron chi connectivity index (χ0n) is 19.4. The summed E-state index contributed by atoms with van der Waals surface area (Å²) in [6.45, 7) is 7.90. The van der Waals surface area contributed by atoms with Crippen LogP contribution in [-0.2, 0) is 13.1 Å². The van der Waals surface area contributed by atoms with Crippen LogP contribution in [0.5, 0.6) is 0 Å². The molecule has 0 aliphatic rings. The van der Waals surface area contributed by atoms with Crippen LogP contribution in [0.2, 0.25) is 5.15 Å². The number of hydrogen-bond donors (Lipinski definition) is 0. The number of pyridine rings is 1. The van der Waals surface area contributed by atoms with Crippen LogP contribution >= 0.6 is 11.6 Å². The van der Waals surface area contributed by atoms with Gasteiger partial charge in [0.15, 0.2) is 0 Å². The molecule has 0 spiro atoms. The third-order valence-electron chi connectivity index (χ3n) is 6.03. The Balaban J connectivity index is 1.72. The van der Waals surface area contributed by atoms with Crippen LogP contribution in [-0.4, -0.2) is 9.88 Å². The zero-order valence-corrected chi connectivity index (χ0v) is 20.2. The smallest absolute Gasteiger partial charge is 0.135 e. The van der Waals surface area contributed by atoms with Crippen molar-refractivity contribution in [1.82, 2.24) is 9.88 Å². The van der Waals surface area contributed by atoms with Gasteiger partial charge >= 0.3 is 0 Å². The summed E-state index contributed by atoms with van der Waals surface area (Å²) in [5.41, 5.74) is 6.67. The van der Waals surface area contributed by atoms with Gasteiger partial charge in [-0.1, -0.05) is 98.1 Å². The predicted octanol–water partition coefficient (Wildman–Crippen LogP) is 7.70. The summed E-state index contributed by atoms with van der Waals surface area (Å²) in [6.07, 6.45) is 6.14. The Morgan fingerprint density at radius 1 is 0.909 bits per heavy atom. The molecule has 0 saturated heterocycles. The van der Waals surface area contributed by atoms with Gasteiger partial charge in [-0.05, 0) is 47.2 Å². The minimum Gasteiger partial charge on any atom is -0.277 e. The van der Waals surface area contributed by atoms with Crippen molar-refractivity contribution < 1.29 is 0 Å². The van der Waals surface area contributed by atoms with E-state index >= 15 is 0 Å². The lowest BCUT2D eigenvalue weighted by atomic mass is 10.00. The summed E-state index contributed by atoms with van der Waals surface area (Å²) in [7, 11) is 0. The highest BCUT2D eigenvalue weighted by Gasteiger charge is 2.23. The molecular weight excluding hydrogens is 424 g/mol. The van der Waals surface area contributed by atoms with Crippen molar-refractivity contribution in [3.05, 3.63) is 112 Å². The lowest BCUT2D eigenvalue weighted by molar-refractivity contribution is 0.219. The van der Waals surface area contributed by atoms with Gasteiger partial charge in [-0.3, -0.25) is 4.90 Å². The summed E-state index contributed by atoms with van der Waals surface area (Å²) >= 11 is 6.70. The van der Waals surface area contributed by atoms with Gasteiger partial charge in [0.25, 0.3) is 0 Å². The van der Waals surface area contributed by atoms with E-state index in [1.807, 2.05) is 12.1 Å². The first-order chi connectivity index (χ1) is 15.9. The van der Waals surface area contributed by atoms with Crippen molar-refractivity contribution in [2.45, 2.75) is 45.8 Å². The minimum absolute atomic E-state index is 0.305. The quantitative estimate of drug-likeness (QED) is 0.211. The molecule has 0 radical (unpaired) electrons. The van der Waals surface area contributed by atoms with E-state index in [1.165, 1.54) is 16.7 Å². The van der Waals surface area contributed by atoms with E-state index < -0.39 is 0 Å². The Morgan fingerprint density at radius 3 is 2.21 bits per heavy atom. The topological polar surface area (TPSA) is 16.1 Å². The molecule has 3 heteroatoms. The van der Waals surface area contributed by atoms with E-state index in [1.54, 1.807) is 0 Å². The highest BCUT2D eigenvalue weighted by atomic mass is 35.5. The van der Waals surface area contributed by atoms with Crippen LogP contribution in [0.25, 0.3) is 10.9 Å². The highest BCUT2D eigenvalue weighted by molar-refractivity contribution is 6.30. The van der Waals surface area contributed by atoms with Gasteiger partial charge in [-0.2, -0.15) is 0 Å². The molecule has 1 unspecified atom stereocenters. The van der Waals surface area contributed by atoms with Gasteiger partial charge in [0.2, 0.25) is 0 Å². The van der Waals surface area contributed by atoms with Crippen LogP contribution in [0.1, 0.15) is 53.6 Å². The number of halogens is 1. The third kappa shape index (κ3) is 5.45. The molecule has 0 amide bonds. The first kappa shape index (κ1) is 23.1. The van der Waals surface area contributed by atoms with E-state index in [0.717, 1.165) is 22.0 Å². The first-order valence-electron chi connectivity index (χ1n) is 11.3. The van der Waals surface area contributed by atoms with Gasteiger partial charge < -0.3 is 0 Å². The second-order valence-electron chi connectivity index (χ2n) is 8.92. The first-order valence-corrected chi connectivity index (χ1v) is 11.7. The van der Waals surface area contributed by atoms with Crippen LogP contribution in [0.15, 0.2) is 78.9 Å². The van der Waals surface area contributed by atoms with Gasteiger partial charge in [0.05, 0.1) is 5.52 Å². The van der Waals surface area contributed by atoms with E-state index in [2.05, 4.69) is 103 Å². The van der Waals surface area contributed by atoms with Crippen LogP contribution in [0.4, 0.5) is 0 Å². The number of aromatic nitrogens is 1. The van der Waals surface area contributed by atoms with Crippen LogP contribution in [0.3, 0.4) is 0 Å². The number of nitrogens with zero attached hydrogens (tertiary/aromatic N) is 2. The molecule has 166 valence electrons. The number of rotatable bonds is 7. The molecule has 0 bridgehead atoms. The largest absolute Gasteiger partial charge is 0.277 e. The molecule has 0 N–H and O–H groups in total. The second kappa shape index (κ2) is 10.2. The fourth-order valence-corrected chi connectivity index (χ4v) is 4.40. The monoisotopic (exact) mass is 452 g/mol. The van der Waals surface area contributed by atoms with Crippen molar-refractivity contribution in [1.29, 1.82) is 0 Å². The van der Waals surface area contributed by atoms with Crippen molar-refractivity contribution >= 4 is 22.5 Å². The maximum absolute atomic E-state index is 6.70. The number of hydrogen-bond acceptors (Lipinski definition) is 2. The minimum atomic E-state index is -0.305. The third-order valence-corrected chi connectivity index (χ3v) is 6.33. The maximum atomic E-state index is 6.70. The Hall–Kier alpha value is -3.12. The molecule has 3 aromatic carbocycles. The number of aryl methyl sites for hydroxylation is 1.